The van der Waals surface area contributed by atoms with Gasteiger partial charge in [-0.1, -0.05) is 23.7 Å². The quantitative estimate of drug-likeness (QED) is 0.342. The first-order valence-electron chi connectivity index (χ1n) is 8.89. The number of hydrogen-bond acceptors (Lipinski definition) is 5. The number of benzene rings is 2. The molecule has 1 aromatic heterocycles. The van der Waals surface area contributed by atoms with Gasteiger partial charge in [-0.3, -0.25) is 14.9 Å². The zero-order chi connectivity index (χ0) is 21.3. The lowest BCUT2D eigenvalue weighted by molar-refractivity contribution is -0.384. The summed E-state index contributed by atoms with van der Waals surface area (Å²) in [5, 5.41) is 14.9. The van der Waals surface area contributed by atoms with Gasteiger partial charge in [0.15, 0.2) is 5.17 Å². The average molecular weight is 439 g/mol. The van der Waals surface area contributed by atoms with E-state index in [2.05, 4.69) is 10.3 Å². The monoisotopic (exact) mass is 438 g/mol. The molecule has 1 N–H and O–H groups in total. The maximum atomic E-state index is 12.4. The molecule has 7 nitrogen and oxygen atoms in total. The third-order valence-electron chi connectivity index (χ3n) is 4.49. The highest BCUT2D eigenvalue weighted by atomic mass is 35.5. The molecule has 9 heteroatoms. The molecule has 1 fully saturated rings. The van der Waals surface area contributed by atoms with Crippen LogP contribution < -0.4 is 5.32 Å². The Bertz CT molecular complexity index is 1230. The molecule has 0 saturated carbocycles. The van der Waals surface area contributed by atoms with Gasteiger partial charge in [0.1, 0.15) is 0 Å². The minimum Gasteiger partial charge on any atom is -0.317 e. The Morgan fingerprint density at radius 1 is 1.20 bits per heavy atom. The molecule has 0 bridgehead atoms. The van der Waals surface area contributed by atoms with E-state index >= 15 is 0 Å². The summed E-state index contributed by atoms with van der Waals surface area (Å²) in [6.07, 6.45) is 3.51. The molecule has 30 heavy (non-hydrogen) atoms. The predicted molar refractivity (Wildman–Crippen MR) is 119 cm³/mol. The zero-order valence-electron chi connectivity index (χ0n) is 15.7. The number of carbonyl (C=O) groups is 1. The van der Waals surface area contributed by atoms with Crippen molar-refractivity contribution in [2.75, 3.05) is 0 Å². The van der Waals surface area contributed by atoms with Crippen molar-refractivity contribution in [1.29, 1.82) is 0 Å². The summed E-state index contributed by atoms with van der Waals surface area (Å²) in [5.74, 6) is -0.259. The molecule has 1 saturated heterocycles. The van der Waals surface area contributed by atoms with Gasteiger partial charge in [0, 0.05) is 29.0 Å². The Hall–Kier alpha value is -3.36. The van der Waals surface area contributed by atoms with Crippen LogP contribution >= 0.6 is 23.4 Å². The number of aromatic nitrogens is 1. The van der Waals surface area contributed by atoms with Gasteiger partial charge in [0.2, 0.25) is 0 Å². The highest BCUT2D eigenvalue weighted by Crippen LogP contribution is 2.31. The number of carbonyl (C=O) groups excluding carboxylic acids is 1. The third-order valence-corrected chi connectivity index (χ3v) is 5.81. The first-order chi connectivity index (χ1) is 14.4. The van der Waals surface area contributed by atoms with Crippen molar-refractivity contribution in [1.82, 2.24) is 9.88 Å². The van der Waals surface area contributed by atoms with E-state index in [1.165, 1.54) is 23.9 Å². The number of thioether (sulfide) groups is 1. The number of rotatable bonds is 4. The zero-order valence-corrected chi connectivity index (χ0v) is 17.3. The number of nitrogens with one attached hydrogen (secondary N) is 1. The van der Waals surface area contributed by atoms with E-state index in [1.807, 2.05) is 25.1 Å². The van der Waals surface area contributed by atoms with Gasteiger partial charge in [-0.15, -0.1) is 0 Å². The van der Waals surface area contributed by atoms with Crippen molar-refractivity contribution in [2.24, 2.45) is 4.99 Å². The maximum Gasteiger partial charge on any atom is 0.271 e. The van der Waals surface area contributed by atoms with Crippen LogP contribution in [0.25, 0.3) is 11.8 Å². The molecule has 0 aliphatic carbocycles. The number of nitro benzene ring substituents is 1. The second-order valence-electron chi connectivity index (χ2n) is 6.45. The molecule has 2 aromatic carbocycles. The van der Waals surface area contributed by atoms with Crippen molar-refractivity contribution in [3.63, 3.8) is 0 Å². The van der Waals surface area contributed by atoms with E-state index in [-0.39, 0.29) is 11.6 Å². The number of hydrogen-bond donors (Lipinski definition) is 1. The van der Waals surface area contributed by atoms with Crippen LogP contribution in [-0.2, 0) is 4.79 Å². The Morgan fingerprint density at radius 3 is 2.80 bits per heavy atom. The molecule has 2 heterocycles. The van der Waals surface area contributed by atoms with E-state index < -0.39 is 4.92 Å². The molecule has 0 unspecified atom stereocenters. The van der Waals surface area contributed by atoms with Gasteiger partial charge in [0.05, 0.1) is 21.2 Å². The van der Waals surface area contributed by atoms with Crippen LogP contribution in [0.4, 0.5) is 11.4 Å². The van der Waals surface area contributed by atoms with Crippen LogP contribution in [0.3, 0.4) is 0 Å². The van der Waals surface area contributed by atoms with Crippen LogP contribution in [0.2, 0.25) is 5.02 Å². The Balaban J connectivity index is 1.64. The normalized spacial score (nSPS) is 16.3. The van der Waals surface area contributed by atoms with Crippen molar-refractivity contribution >= 4 is 51.9 Å². The van der Waals surface area contributed by atoms with Gasteiger partial charge in [0.25, 0.3) is 11.6 Å². The van der Waals surface area contributed by atoms with Crippen LogP contribution in [0.15, 0.2) is 70.7 Å². The molecule has 3 aromatic rings. The molecule has 0 radical (unpaired) electrons. The number of nitro groups is 1. The summed E-state index contributed by atoms with van der Waals surface area (Å²) < 4.78 is 1.78. The van der Waals surface area contributed by atoms with E-state index in [4.69, 9.17) is 11.6 Å². The van der Waals surface area contributed by atoms with Crippen molar-refractivity contribution in [3.05, 3.63) is 92.1 Å². The summed E-state index contributed by atoms with van der Waals surface area (Å²) in [6, 6.07) is 15.4. The fourth-order valence-electron chi connectivity index (χ4n) is 2.94. The summed E-state index contributed by atoms with van der Waals surface area (Å²) in [5.41, 5.74) is 2.87. The fraction of sp³-hybridized carbons (Fsp3) is 0.0476. The topological polar surface area (TPSA) is 89.5 Å². The summed E-state index contributed by atoms with van der Waals surface area (Å²) >= 11 is 7.36. The Kier molecular flexibility index (Phi) is 5.43. The van der Waals surface area contributed by atoms with Gasteiger partial charge in [-0.2, -0.15) is 0 Å². The largest absolute Gasteiger partial charge is 0.317 e. The van der Waals surface area contributed by atoms with Gasteiger partial charge in [-0.05, 0) is 60.7 Å². The number of non-ortho nitro benzene ring substituents is 1. The number of halogens is 1. The van der Waals surface area contributed by atoms with Crippen LogP contribution in [0.5, 0.6) is 0 Å². The lowest BCUT2D eigenvalue weighted by atomic mass is 10.2. The third kappa shape index (κ3) is 4.00. The highest BCUT2D eigenvalue weighted by molar-refractivity contribution is 8.18. The van der Waals surface area contributed by atoms with Crippen molar-refractivity contribution in [2.45, 2.75) is 6.92 Å². The standard InChI is InChI=1S/C21H15ClN4O3S/c1-13-17(22)8-3-9-18(13)23-21-24-20(27)19(30-21)12-15-7-4-10-25(15)14-5-2-6-16(11-14)26(28)29/h2-12H,1H3,(H,23,24,27)/b19-12+. The first-order valence-corrected chi connectivity index (χ1v) is 10.1. The average Bonchev–Trinajstić information content (AvgIpc) is 3.32. The molecular weight excluding hydrogens is 424 g/mol. The van der Waals surface area contributed by atoms with Crippen LogP contribution in [-0.4, -0.2) is 20.6 Å². The van der Waals surface area contributed by atoms with Crippen molar-refractivity contribution in [3.8, 4) is 5.69 Å². The van der Waals surface area contributed by atoms with E-state index in [0.29, 0.717) is 32.2 Å². The number of aliphatic imine (C=N–C) groups is 1. The highest BCUT2D eigenvalue weighted by Gasteiger charge is 2.24. The SMILES string of the molecule is Cc1c(Cl)cccc1N=C1NC(=O)/C(=C\c2cccn2-c2cccc([N+](=O)[O-])c2)S1. The molecule has 1 amide bonds. The lowest BCUT2D eigenvalue weighted by Crippen LogP contribution is -2.19. The predicted octanol–water partition coefficient (Wildman–Crippen LogP) is 5.24. The molecule has 4 rings (SSSR count). The second-order valence-corrected chi connectivity index (χ2v) is 7.88. The summed E-state index contributed by atoms with van der Waals surface area (Å²) in [6.45, 7) is 1.87. The molecule has 0 atom stereocenters. The molecule has 1 aliphatic rings. The summed E-state index contributed by atoms with van der Waals surface area (Å²) in [7, 11) is 0. The maximum absolute atomic E-state index is 12.4. The molecule has 150 valence electrons. The van der Waals surface area contributed by atoms with Crippen LogP contribution in [0, 0.1) is 17.0 Å². The first kappa shape index (κ1) is 19.9. The molecular formula is C21H15ClN4O3S. The molecule has 1 aliphatic heterocycles. The second kappa shape index (κ2) is 8.17. The Morgan fingerprint density at radius 2 is 2.00 bits per heavy atom. The smallest absolute Gasteiger partial charge is 0.271 e. The van der Waals surface area contributed by atoms with E-state index in [0.717, 1.165) is 5.56 Å². The van der Waals surface area contributed by atoms with Gasteiger partial charge < -0.3 is 9.88 Å². The van der Waals surface area contributed by atoms with Gasteiger partial charge in [-0.25, -0.2) is 4.99 Å². The Labute approximate surface area is 181 Å². The summed E-state index contributed by atoms with van der Waals surface area (Å²) in [4.78, 5) is 28.0. The van der Waals surface area contributed by atoms with Gasteiger partial charge >= 0.3 is 0 Å². The minimum absolute atomic E-state index is 0.000834. The molecule has 0 spiro atoms. The minimum atomic E-state index is -0.439. The van der Waals surface area contributed by atoms with E-state index in [9.17, 15) is 14.9 Å². The van der Waals surface area contributed by atoms with Crippen molar-refractivity contribution < 1.29 is 9.72 Å². The number of amides is 1. The van der Waals surface area contributed by atoms with E-state index in [1.54, 1.807) is 41.1 Å². The number of amidine groups is 1. The number of nitrogens with zero attached hydrogens (tertiary/aromatic N) is 3. The fourth-order valence-corrected chi connectivity index (χ4v) is 3.93. The van der Waals surface area contributed by atoms with Crippen LogP contribution in [0.1, 0.15) is 11.3 Å². The lowest BCUT2D eigenvalue weighted by Gasteiger charge is -2.06.